The van der Waals surface area contributed by atoms with Gasteiger partial charge in [0.1, 0.15) is 11.5 Å². The normalized spacial score (nSPS) is 11.2. The predicted molar refractivity (Wildman–Crippen MR) is 111 cm³/mol. The minimum absolute atomic E-state index is 0.193. The highest BCUT2D eigenvalue weighted by Gasteiger charge is 2.07. The van der Waals surface area contributed by atoms with Crippen molar-refractivity contribution < 1.29 is 9.47 Å². The number of hydrogen-bond acceptors (Lipinski definition) is 2. The van der Waals surface area contributed by atoms with Gasteiger partial charge in [0.25, 0.3) is 0 Å². The van der Waals surface area contributed by atoms with Gasteiger partial charge in [-0.3, -0.25) is 0 Å². The monoisotopic (exact) mass is 406 g/mol. The van der Waals surface area contributed by atoms with Crippen LogP contribution in [0.15, 0.2) is 30.3 Å². The molecule has 0 saturated carbocycles. The maximum absolute atomic E-state index is 5.94. The Bertz CT molecular complexity index is 652. The van der Waals surface area contributed by atoms with Crippen LogP contribution in [0.4, 0.5) is 0 Å². The van der Waals surface area contributed by atoms with Gasteiger partial charge in [0, 0.05) is 5.33 Å². The van der Waals surface area contributed by atoms with E-state index in [2.05, 4.69) is 67.0 Å². The SMILES string of the molecule is Cc1c(OC(C)C)ccc2cc(OCCCCCCCCBr)ccc12. The number of unbranched alkanes of at least 4 members (excludes halogenated alkanes) is 5. The van der Waals surface area contributed by atoms with Crippen molar-refractivity contribution in [2.75, 3.05) is 11.9 Å². The molecule has 0 heterocycles. The zero-order valence-corrected chi connectivity index (χ0v) is 17.4. The Hall–Kier alpha value is -1.22. The molecule has 0 atom stereocenters. The predicted octanol–water partition coefficient (Wildman–Crippen LogP) is 7.05. The van der Waals surface area contributed by atoms with E-state index in [9.17, 15) is 0 Å². The summed E-state index contributed by atoms with van der Waals surface area (Å²) in [6, 6.07) is 10.5. The lowest BCUT2D eigenvalue weighted by Gasteiger charge is -2.15. The standard InChI is InChI=1S/C22H31BrO2/c1-17(2)25-22-13-10-19-16-20(11-12-21(19)18(22)3)24-15-9-7-5-4-6-8-14-23/h10-13,16-17H,4-9,14-15H2,1-3H3. The zero-order valence-electron chi connectivity index (χ0n) is 15.8. The Labute approximate surface area is 161 Å². The molecule has 2 rings (SSSR count). The van der Waals surface area contributed by atoms with E-state index in [1.165, 1.54) is 48.4 Å². The lowest BCUT2D eigenvalue weighted by molar-refractivity contribution is 0.241. The summed E-state index contributed by atoms with van der Waals surface area (Å²) >= 11 is 3.48. The van der Waals surface area contributed by atoms with Crippen molar-refractivity contribution in [3.05, 3.63) is 35.9 Å². The van der Waals surface area contributed by atoms with E-state index < -0.39 is 0 Å². The van der Waals surface area contributed by atoms with Gasteiger partial charge in [-0.2, -0.15) is 0 Å². The molecule has 25 heavy (non-hydrogen) atoms. The molecule has 0 N–H and O–H groups in total. The van der Waals surface area contributed by atoms with Crippen molar-refractivity contribution in [1.29, 1.82) is 0 Å². The van der Waals surface area contributed by atoms with Gasteiger partial charge < -0.3 is 9.47 Å². The molecule has 2 nitrogen and oxygen atoms in total. The Morgan fingerprint density at radius 3 is 2.36 bits per heavy atom. The number of benzene rings is 2. The van der Waals surface area contributed by atoms with E-state index in [1.807, 2.05) is 0 Å². The largest absolute Gasteiger partial charge is 0.494 e. The van der Waals surface area contributed by atoms with E-state index in [0.717, 1.165) is 29.9 Å². The van der Waals surface area contributed by atoms with Crippen LogP contribution in [0.1, 0.15) is 57.9 Å². The molecule has 0 aromatic heterocycles. The van der Waals surface area contributed by atoms with Crippen LogP contribution < -0.4 is 9.47 Å². The zero-order chi connectivity index (χ0) is 18.1. The molecule has 0 spiro atoms. The average molecular weight is 407 g/mol. The third-order valence-electron chi connectivity index (χ3n) is 4.37. The molecule has 2 aromatic carbocycles. The van der Waals surface area contributed by atoms with E-state index in [0.29, 0.717) is 0 Å². The summed E-state index contributed by atoms with van der Waals surface area (Å²) in [7, 11) is 0. The summed E-state index contributed by atoms with van der Waals surface area (Å²) in [6.07, 6.45) is 7.85. The molecule has 0 unspecified atom stereocenters. The van der Waals surface area contributed by atoms with Crippen LogP contribution in [0.5, 0.6) is 11.5 Å². The third-order valence-corrected chi connectivity index (χ3v) is 4.93. The summed E-state index contributed by atoms with van der Waals surface area (Å²) in [5.74, 6) is 1.93. The second-order valence-electron chi connectivity index (χ2n) is 6.90. The molecule has 2 aromatic rings. The Morgan fingerprint density at radius 1 is 0.920 bits per heavy atom. The summed E-state index contributed by atoms with van der Waals surface area (Å²) in [5, 5.41) is 3.57. The third kappa shape index (κ3) is 6.54. The first-order chi connectivity index (χ1) is 12.1. The Kier molecular flexibility index (Phi) is 8.60. The van der Waals surface area contributed by atoms with Gasteiger partial charge >= 0.3 is 0 Å². The molecule has 0 radical (unpaired) electrons. The van der Waals surface area contributed by atoms with Crippen LogP contribution in [0.3, 0.4) is 0 Å². The quantitative estimate of drug-likeness (QED) is 0.294. The van der Waals surface area contributed by atoms with Crippen molar-refractivity contribution in [3.63, 3.8) is 0 Å². The highest BCUT2D eigenvalue weighted by Crippen LogP contribution is 2.30. The van der Waals surface area contributed by atoms with Crippen molar-refractivity contribution in [1.82, 2.24) is 0 Å². The molecule has 0 aliphatic carbocycles. The van der Waals surface area contributed by atoms with E-state index in [1.54, 1.807) is 0 Å². The number of ether oxygens (including phenoxy) is 2. The number of alkyl halides is 1. The number of fused-ring (bicyclic) bond motifs is 1. The van der Waals surface area contributed by atoms with E-state index in [-0.39, 0.29) is 6.10 Å². The first-order valence-corrected chi connectivity index (χ1v) is 10.6. The fraction of sp³-hybridized carbons (Fsp3) is 0.545. The van der Waals surface area contributed by atoms with Crippen LogP contribution in [0.2, 0.25) is 0 Å². The van der Waals surface area contributed by atoms with E-state index >= 15 is 0 Å². The molecule has 0 bridgehead atoms. The molecular weight excluding hydrogens is 376 g/mol. The highest BCUT2D eigenvalue weighted by molar-refractivity contribution is 9.09. The number of halogens is 1. The maximum atomic E-state index is 5.94. The first-order valence-electron chi connectivity index (χ1n) is 9.50. The molecule has 0 saturated heterocycles. The van der Waals surface area contributed by atoms with Gasteiger partial charge in [-0.05, 0) is 68.1 Å². The second kappa shape index (κ2) is 10.7. The molecule has 3 heteroatoms. The summed E-state index contributed by atoms with van der Waals surface area (Å²) in [4.78, 5) is 0. The molecule has 0 aliphatic heterocycles. The molecule has 0 aliphatic rings. The topological polar surface area (TPSA) is 18.5 Å². The fourth-order valence-corrected chi connectivity index (χ4v) is 3.40. The smallest absolute Gasteiger partial charge is 0.123 e. The van der Waals surface area contributed by atoms with Crippen LogP contribution in [-0.4, -0.2) is 18.0 Å². The van der Waals surface area contributed by atoms with Crippen molar-refractivity contribution in [2.45, 2.75) is 65.4 Å². The number of aryl methyl sites for hydroxylation is 1. The second-order valence-corrected chi connectivity index (χ2v) is 7.69. The molecule has 0 fully saturated rings. The molecule has 138 valence electrons. The van der Waals surface area contributed by atoms with Gasteiger partial charge in [-0.1, -0.05) is 53.7 Å². The van der Waals surface area contributed by atoms with Crippen LogP contribution in [-0.2, 0) is 0 Å². The molecular formula is C22H31BrO2. The average Bonchev–Trinajstić information content (AvgIpc) is 2.59. The van der Waals surface area contributed by atoms with Crippen LogP contribution in [0, 0.1) is 6.92 Å². The summed E-state index contributed by atoms with van der Waals surface area (Å²) in [6.45, 7) is 7.04. The minimum atomic E-state index is 0.193. The van der Waals surface area contributed by atoms with Crippen LogP contribution >= 0.6 is 15.9 Å². The number of hydrogen-bond donors (Lipinski definition) is 0. The lowest BCUT2D eigenvalue weighted by atomic mass is 10.0. The maximum Gasteiger partial charge on any atom is 0.123 e. The van der Waals surface area contributed by atoms with Gasteiger partial charge in [0.05, 0.1) is 12.7 Å². The molecule has 0 amide bonds. The van der Waals surface area contributed by atoms with E-state index in [4.69, 9.17) is 9.47 Å². The number of rotatable bonds is 11. The summed E-state index contributed by atoms with van der Waals surface area (Å²) in [5.41, 5.74) is 1.20. The minimum Gasteiger partial charge on any atom is -0.494 e. The van der Waals surface area contributed by atoms with Gasteiger partial charge in [0.15, 0.2) is 0 Å². The Balaban J connectivity index is 1.85. The lowest BCUT2D eigenvalue weighted by Crippen LogP contribution is -2.06. The van der Waals surface area contributed by atoms with Gasteiger partial charge in [0.2, 0.25) is 0 Å². The van der Waals surface area contributed by atoms with Crippen molar-refractivity contribution in [2.24, 2.45) is 0 Å². The highest BCUT2D eigenvalue weighted by atomic mass is 79.9. The first kappa shape index (κ1) is 20.1. The van der Waals surface area contributed by atoms with Gasteiger partial charge in [-0.25, -0.2) is 0 Å². The van der Waals surface area contributed by atoms with Crippen molar-refractivity contribution >= 4 is 26.7 Å². The van der Waals surface area contributed by atoms with Crippen molar-refractivity contribution in [3.8, 4) is 11.5 Å². The van der Waals surface area contributed by atoms with Gasteiger partial charge in [-0.15, -0.1) is 0 Å². The summed E-state index contributed by atoms with van der Waals surface area (Å²) < 4.78 is 11.8. The fourth-order valence-electron chi connectivity index (χ4n) is 3.01. The van der Waals surface area contributed by atoms with Crippen LogP contribution in [0.25, 0.3) is 10.8 Å². The Morgan fingerprint density at radius 2 is 1.64 bits per heavy atom.